The number of carboxylic acid groups (broad SMARTS) is 4. The van der Waals surface area contributed by atoms with E-state index in [1.807, 2.05) is 0 Å². The Hall–Kier alpha value is -4.30. The van der Waals surface area contributed by atoms with Crippen LogP contribution >= 0.6 is 0 Å². The van der Waals surface area contributed by atoms with Crippen LogP contribution in [0.4, 0.5) is 0 Å². The Bertz CT molecular complexity index is 1580. The molecule has 4 rings (SSSR count). The van der Waals surface area contributed by atoms with Crippen LogP contribution in [0.5, 0.6) is 0 Å². The first-order valence-electron chi connectivity index (χ1n) is 13.3. The zero-order chi connectivity index (χ0) is 33.6. The fourth-order valence-corrected chi connectivity index (χ4v) is 3.70. The Balaban J connectivity index is 0.000000461. The van der Waals surface area contributed by atoms with E-state index in [9.17, 15) is 29.2 Å². The van der Waals surface area contributed by atoms with E-state index in [1.54, 1.807) is 12.1 Å². The summed E-state index contributed by atoms with van der Waals surface area (Å²) in [5.41, 5.74) is 1.44. The maximum absolute atomic E-state index is 10.8. The van der Waals surface area contributed by atoms with Gasteiger partial charge in [0, 0.05) is 77.0 Å². The van der Waals surface area contributed by atoms with Crippen molar-refractivity contribution in [3.05, 3.63) is 107 Å². The van der Waals surface area contributed by atoms with Gasteiger partial charge in [-0.15, -0.1) is 0 Å². The average molecular weight is 763 g/mol. The van der Waals surface area contributed by atoms with Crippen LogP contribution in [0.1, 0.15) is 53.1 Å². The van der Waals surface area contributed by atoms with Crippen molar-refractivity contribution in [3.63, 3.8) is 0 Å². The molecule has 4 aromatic rings. The fourth-order valence-electron chi connectivity index (χ4n) is 3.70. The molecular formula is C28H26B2N4O12Zn2. The second-order valence-corrected chi connectivity index (χ2v) is 9.21. The topological polar surface area (TPSA) is 260 Å². The number of pyridine rings is 4. The predicted molar refractivity (Wildman–Crippen MR) is 159 cm³/mol. The van der Waals surface area contributed by atoms with Gasteiger partial charge in [-0.2, -0.15) is 0 Å². The van der Waals surface area contributed by atoms with Gasteiger partial charge in [0.1, 0.15) is 22.8 Å². The van der Waals surface area contributed by atoms with Gasteiger partial charge in [-0.25, -0.2) is 39.1 Å². The van der Waals surface area contributed by atoms with Crippen LogP contribution in [0.25, 0.3) is 0 Å². The summed E-state index contributed by atoms with van der Waals surface area (Å²) < 4.78 is 10.5. The van der Waals surface area contributed by atoms with Crippen LogP contribution in [0, 0.1) is 0 Å². The SMILES string of the molecule is O=C(O)c1cc(CCOB(O)c2ccnc(C(=O)O)c2)ccn1.O=C(O)c1cc(CCOB(O)c2ccnc(C(=O)O)c2)ccn1.[Zn].[Zn]. The molecule has 0 saturated heterocycles. The van der Waals surface area contributed by atoms with Gasteiger partial charge in [0.05, 0.1) is 0 Å². The zero-order valence-electron chi connectivity index (χ0n) is 25.2. The van der Waals surface area contributed by atoms with E-state index < -0.39 is 38.1 Å². The monoisotopic (exact) mass is 760 g/mol. The molecule has 240 valence electrons. The molecule has 0 amide bonds. The maximum atomic E-state index is 10.8. The minimum Gasteiger partial charge on any atom is -0.477 e. The predicted octanol–water partition coefficient (Wildman–Crippen LogP) is -0.365. The van der Waals surface area contributed by atoms with Crippen LogP contribution in [0.3, 0.4) is 0 Å². The first-order valence-corrected chi connectivity index (χ1v) is 13.3. The molecule has 0 unspecified atom stereocenters. The molecule has 20 heteroatoms. The van der Waals surface area contributed by atoms with Gasteiger partial charge < -0.3 is 39.8 Å². The Kier molecular flexibility index (Phi) is 18.1. The van der Waals surface area contributed by atoms with Gasteiger partial charge in [0.2, 0.25) is 0 Å². The maximum Gasteiger partial charge on any atom is 0.491 e. The van der Waals surface area contributed by atoms with Gasteiger partial charge in [-0.1, -0.05) is 0 Å². The van der Waals surface area contributed by atoms with E-state index in [0.717, 1.165) is 0 Å². The molecule has 4 heterocycles. The van der Waals surface area contributed by atoms with Crippen LogP contribution in [0.15, 0.2) is 73.3 Å². The normalized spacial score (nSPS) is 9.88. The number of hydrogen-bond acceptors (Lipinski definition) is 12. The molecule has 4 aromatic heterocycles. The molecule has 0 aliphatic heterocycles. The molecule has 0 saturated carbocycles. The summed E-state index contributed by atoms with van der Waals surface area (Å²) in [7, 11) is -2.59. The van der Waals surface area contributed by atoms with E-state index in [-0.39, 0.29) is 85.9 Å². The smallest absolute Gasteiger partial charge is 0.477 e. The van der Waals surface area contributed by atoms with Crippen molar-refractivity contribution in [2.75, 3.05) is 13.2 Å². The summed E-state index contributed by atoms with van der Waals surface area (Å²) in [5.74, 6) is -4.63. The molecular weight excluding hydrogens is 737 g/mol. The first-order chi connectivity index (χ1) is 21.9. The Morgan fingerprint density at radius 1 is 0.521 bits per heavy atom. The fraction of sp³-hybridized carbons (Fsp3) is 0.143. The van der Waals surface area contributed by atoms with Crippen molar-refractivity contribution in [3.8, 4) is 0 Å². The molecule has 0 spiro atoms. The van der Waals surface area contributed by atoms with Gasteiger partial charge in [-0.3, -0.25) is 0 Å². The van der Waals surface area contributed by atoms with E-state index >= 15 is 0 Å². The molecule has 0 aliphatic carbocycles. The number of carboxylic acids is 4. The molecule has 6 N–H and O–H groups in total. The van der Waals surface area contributed by atoms with E-state index in [1.165, 1.54) is 61.2 Å². The number of nitrogens with zero attached hydrogens (tertiary/aromatic N) is 4. The summed E-state index contributed by atoms with van der Waals surface area (Å²) in [6.45, 7) is 0.240. The van der Waals surface area contributed by atoms with Gasteiger partial charge in [0.25, 0.3) is 0 Å². The zero-order valence-corrected chi connectivity index (χ0v) is 31.2. The minimum atomic E-state index is -1.29. The second-order valence-electron chi connectivity index (χ2n) is 9.21. The molecule has 0 fully saturated rings. The quantitative estimate of drug-likeness (QED) is 0.0896. The van der Waals surface area contributed by atoms with Crippen LogP contribution < -0.4 is 10.9 Å². The molecule has 48 heavy (non-hydrogen) atoms. The second kappa shape index (κ2) is 20.8. The van der Waals surface area contributed by atoms with E-state index in [0.29, 0.717) is 24.0 Å². The summed E-state index contributed by atoms with van der Waals surface area (Å²) in [6.07, 6.45) is 6.06. The number of aromatic nitrogens is 4. The van der Waals surface area contributed by atoms with E-state index in [2.05, 4.69) is 19.9 Å². The number of aromatic carboxylic acids is 4. The Labute approximate surface area is 299 Å². The molecule has 0 aliphatic rings. The van der Waals surface area contributed by atoms with E-state index in [4.69, 9.17) is 29.7 Å². The summed E-state index contributed by atoms with van der Waals surface area (Å²) in [4.78, 5) is 58.0. The summed E-state index contributed by atoms with van der Waals surface area (Å²) >= 11 is 0. The number of carbonyl (C=O) groups is 4. The summed E-state index contributed by atoms with van der Waals surface area (Å²) in [5, 5.41) is 55.2. The van der Waals surface area contributed by atoms with Crippen molar-refractivity contribution in [2.45, 2.75) is 12.8 Å². The van der Waals surface area contributed by atoms with Crippen LogP contribution in [-0.2, 0) is 61.1 Å². The van der Waals surface area contributed by atoms with Crippen molar-refractivity contribution < 1.29 is 97.9 Å². The standard InChI is InChI=1S/2C14H13BN2O6.2Zn/c2*18-13(19)11-7-9(1-4-16-11)3-6-23-15(22)10-2-5-17-12(8-10)14(20)21;;/h2*1-2,4-5,7-8,22H,3,6H2,(H,18,19)(H,20,21);;. The van der Waals surface area contributed by atoms with Crippen molar-refractivity contribution in [1.82, 2.24) is 19.9 Å². The molecule has 0 bridgehead atoms. The number of rotatable bonds is 14. The van der Waals surface area contributed by atoms with Gasteiger partial charge >= 0.3 is 38.1 Å². The minimum absolute atomic E-state index is 0. The largest absolute Gasteiger partial charge is 0.491 e. The first kappa shape index (κ1) is 41.7. The Morgan fingerprint density at radius 2 is 0.812 bits per heavy atom. The van der Waals surface area contributed by atoms with Crippen LogP contribution in [-0.4, -0.2) is 102 Å². The van der Waals surface area contributed by atoms with Crippen molar-refractivity contribution >= 4 is 49.0 Å². The number of hydrogen-bond donors (Lipinski definition) is 6. The Morgan fingerprint density at radius 3 is 1.12 bits per heavy atom. The molecule has 0 atom stereocenters. The van der Waals surface area contributed by atoms with Crippen molar-refractivity contribution in [1.29, 1.82) is 0 Å². The third-order valence-corrected chi connectivity index (χ3v) is 6.00. The molecule has 0 radical (unpaired) electrons. The molecule has 0 aromatic carbocycles. The molecule has 16 nitrogen and oxygen atoms in total. The third-order valence-electron chi connectivity index (χ3n) is 6.00. The van der Waals surface area contributed by atoms with Crippen LogP contribution in [0.2, 0.25) is 0 Å². The average Bonchev–Trinajstić information content (AvgIpc) is 3.05. The van der Waals surface area contributed by atoms with Crippen molar-refractivity contribution in [2.24, 2.45) is 0 Å². The van der Waals surface area contributed by atoms with Gasteiger partial charge in [-0.05, 0) is 83.4 Å². The van der Waals surface area contributed by atoms with Gasteiger partial charge in [0.15, 0.2) is 0 Å². The third kappa shape index (κ3) is 13.4. The summed E-state index contributed by atoms with van der Waals surface area (Å²) in [6, 6.07) is 11.5.